The van der Waals surface area contributed by atoms with Crippen molar-refractivity contribution in [3.8, 4) is 0 Å². The van der Waals surface area contributed by atoms with Crippen molar-refractivity contribution in [3.05, 3.63) is 6.61 Å². The fourth-order valence-corrected chi connectivity index (χ4v) is 0.572. The third-order valence-corrected chi connectivity index (χ3v) is 1.07. The molecule has 0 aliphatic rings. The fraction of sp³-hybridized carbons (Fsp3) is 0.857. The molecule has 0 fully saturated rings. The topological polar surface area (TPSA) is 18.5 Å². The molecule has 0 N–H and O–H groups in total. The van der Waals surface area contributed by atoms with E-state index in [-0.39, 0.29) is 6.61 Å². The molecule has 0 amide bonds. The average Bonchev–Trinajstić information content (AvgIpc) is 1.84. The summed E-state index contributed by atoms with van der Waals surface area (Å²) >= 11 is 0. The Balaban J connectivity index is 3.31. The Morgan fingerprint density at radius 1 is 1.42 bits per heavy atom. The van der Waals surface area contributed by atoms with Crippen LogP contribution in [0.2, 0.25) is 0 Å². The van der Waals surface area contributed by atoms with Crippen molar-refractivity contribution in [1.29, 1.82) is 0 Å². The van der Waals surface area contributed by atoms with Crippen molar-refractivity contribution in [3.63, 3.8) is 0 Å². The molecule has 0 saturated carbocycles. The second-order valence-electron chi connectivity index (χ2n) is 2.18. The van der Waals surface area contributed by atoms with Gasteiger partial charge in [-0.1, -0.05) is 0 Å². The van der Waals surface area contributed by atoms with Crippen LogP contribution in [0.3, 0.4) is 0 Å². The summed E-state index contributed by atoms with van der Waals surface area (Å²) in [7, 11) is 0. The third-order valence-electron chi connectivity index (χ3n) is 1.07. The van der Waals surface area contributed by atoms with E-state index in [0.717, 1.165) is 0 Å². The SMILES string of the molecule is C[CH]OC(C)OCCC(F)(F)F. The van der Waals surface area contributed by atoms with Crippen molar-refractivity contribution >= 4 is 0 Å². The van der Waals surface area contributed by atoms with Crippen molar-refractivity contribution in [2.24, 2.45) is 0 Å². The summed E-state index contributed by atoms with van der Waals surface area (Å²) in [4.78, 5) is 0. The second kappa shape index (κ2) is 5.37. The number of hydrogen-bond acceptors (Lipinski definition) is 2. The van der Waals surface area contributed by atoms with Crippen molar-refractivity contribution < 1.29 is 22.6 Å². The van der Waals surface area contributed by atoms with Gasteiger partial charge in [0.05, 0.1) is 19.6 Å². The smallest absolute Gasteiger partial charge is 0.353 e. The molecule has 1 radical (unpaired) electrons. The van der Waals surface area contributed by atoms with Crippen LogP contribution in [0.5, 0.6) is 0 Å². The van der Waals surface area contributed by atoms with Crippen LogP contribution in [0.4, 0.5) is 13.2 Å². The van der Waals surface area contributed by atoms with Crippen LogP contribution in [0.1, 0.15) is 20.3 Å². The maximum atomic E-state index is 11.6. The van der Waals surface area contributed by atoms with E-state index in [1.54, 1.807) is 6.92 Å². The highest BCUT2D eigenvalue weighted by atomic mass is 19.4. The Morgan fingerprint density at radius 3 is 2.42 bits per heavy atom. The van der Waals surface area contributed by atoms with Gasteiger partial charge in [0.1, 0.15) is 0 Å². The van der Waals surface area contributed by atoms with E-state index in [4.69, 9.17) is 4.74 Å². The monoisotopic (exact) mass is 185 g/mol. The van der Waals surface area contributed by atoms with Gasteiger partial charge in [-0.2, -0.15) is 13.2 Å². The van der Waals surface area contributed by atoms with Crippen LogP contribution in [0, 0.1) is 6.61 Å². The Kier molecular flexibility index (Phi) is 5.24. The van der Waals surface area contributed by atoms with Gasteiger partial charge in [-0.15, -0.1) is 0 Å². The zero-order valence-electron chi connectivity index (χ0n) is 7.02. The van der Waals surface area contributed by atoms with E-state index in [2.05, 4.69) is 4.74 Å². The van der Waals surface area contributed by atoms with Crippen molar-refractivity contribution in [1.82, 2.24) is 0 Å². The lowest BCUT2D eigenvalue weighted by Crippen LogP contribution is -2.17. The molecular formula is C7H12F3O2. The molecule has 0 aromatic rings. The zero-order chi connectivity index (χ0) is 9.61. The summed E-state index contributed by atoms with van der Waals surface area (Å²) in [6.07, 6.45) is -5.71. The predicted molar refractivity (Wildman–Crippen MR) is 37.1 cm³/mol. The van der Waals surface area contributed by atoms with Gasteiger partial charge in [-0.05, 0) is 13.8 Å². The van der Waals surface area contributed by atoms with E-state index in [0.29, 0.717) is 0 Å². The molecule has 5 heteroatoms. The Bertz CT molecular complexity index is 114. The van der Waals surface area contributed by atoms with Gasteiger partial charge in [0, 0.05) is 0 Å². The molecular weight excluding hydrogens is 173 g/mol. The molecule has 0 aromatic heterocycles. The van der Waals surface area contributed by atoms with Crippen molar-refractivity contribution in [2.45, 2.75) is 32.7 Å². The van der Waals surface area contributed by atoms with Crippen LogP contribution >= 0.6 is 0 Å². The Morgan fingerprint density at radius 2 is 2.00 bits per heavy atom. The van der Waals surface area contributed by atoms with Gasteiger partial charge in [-0.3, -0.25) is 0 Å². The molecule has 0 bridgehead atoms. The fourth-order valence-electron chi connectivity index (χ4n) is 0.572. The molecule has 1 atom stereocenters. The number of hydrogen-bond donors (Lipinski definition) is 0. The van der Waals surface area contributed by atoms with Crippen LogP contribution < -0.4 is 0 Å². The molecule has 0 aliphatic carbocycles. The van der Waals surface area contributed by atoms with E-state index in [1.165, 1.54) is 13.5 Å². The van der Waals surface area contributed by atoms with E-state index in [1.807, 2.05) is 0 Å². The summed E-state index contributed by atoms with van der Waals surface area (Å²) in [6.45, 7) is 4.18. The minimum atomic E-state index is -4.16. The lowest BCUT2D eigenvalue weighted by molar-refractivity contribution is -0.168. The van der Waals surface area contributed by atoms with E-state index < -0.39 is 18.9 Å². The molecule has 0 heterocycles. The molecule has 73 valence electrons. The number of halogens is 3. The first-order valence-electron chi connectivity index (χ1n) is 3.57. The average molecular weight is 185 g/mol. The quantitative estimate of drug-likeness (QED) is 0.612. The maximum Gasteiger partial charge on any atom is 0.391 e. The summed E-state index contributed by atoms with van der Waals surface area (Å²) in [5.74, 6) is 0. The molecule has 0 spiro atoms. The minimum absolute atomic E-state index is 0.363. The maximum absolute atomic E-state index is 11.6. The normalized spacial score (nSPS) is 14.8. The largest absolute Gasteiger partial charge is 0.391 e. The van der Waals surface area contributed by atoms with Gasteiger partial charge in [-0.25, -0.2) is 0 Å². The van der Waals surface area contributed by atoms with E-state index in [9.17, 15) is 13.2 Å². The Labute approximate surface area is 69.7 Å². The highest BCUT2D eigenvalue weighted by Gasteiger charge is 2.26. The molecule has 0 aliphatic heterocycles. The van der Waals surface area contributed by atoms with E-state index >= 15 is 0 Å². The van der Waals surface area contributed by atoms with Crippen molar-refractivity contribution in [2.75, 3.05) is 6.61 Å². The summed E-state index contributed by atoms with van der Waals surface area (Å²) in [5.41, 5.74) is 0. The lowest BCUT2D eigenvalue weighted by atomic mass is 10.4. The number of ether oxygens (including phenoxy) is 2. The summed E-state index contributed by atoms with van der Waals surface area (Å²) in [6, 6.07) is 0. The highest BCUT2D eigenvalue weighted by molar-refractivity contribution is 4.48. The van der Waals surface area contributed by atoms with Crippen LogP contribution in [0.25, 0.3) is 0 Å². The first kappa shape index (κ1) is 11.7. The van der Waals surface area contributed by atoms with Gasteiger partial charge < -0.3 is 9.47 Å². The number of rotatable bonds is 5. The van der Waals surface area contributed by atoms with Crippen LogP contribution in [-0.2, 0) is 9.47 Å². The minimum Gasteiger partial charge on any atom is -0.353 e. The summed E-state index contributed by atoms with van der Waals surface area (Å²) < 4.78 is 44.1. The third kappa shape index (κ3) is 7.81. The number of alkyl halides is 3. The molecule has 1 unspecified atom stereocenters. The standard InChI is InChI=1S/C7H12F3O2/c1-3-11-6(2)12-5-4-7(8,9)10/h3,6H,4-5H2,1-2H3. The molecule has 0 saturated heterocycles. The van der Waals surface area contributed by atoms with Gasteiger partial charge in [0.2, 0.25) is 0 Å². The lowest BCUT2D eigenvalue weighted by Gasteiger charge is -2.13. The first-order chi connectivity index (χ1) is 5.45. The second-order valence-corrected chi connectivity index (χ2v) is 2.18. The highest BCUT2D eigenvalue weighted by Crippen LogP contribution is 2.19. The Hall–Kier alpha value is -0.290. The summed E-state index contributed by atoms with van der Waals surface area (Å²) in [5, 5.41) is 0. The zero-order valence-corrected chi connectivity index (χ0v) is 7.02. The van der Waals surface area contributed by atoms with Crippen LogP contribution in [-0.4, -0.2) is 19.1 Å². The van der Waals surface area contributed by atoms with Gasteiger partial charge >= 0.3 is 6.18 Å². The molecule has 0 rings (SSSR count). The molecule has 12 heavy (non-hydrogen) atoms. The van der Waals surface area contributed by atoms with Gasteiger partial charge in [0.25, 0.3) is 0 Å². The molecule has 2 nitrogen and oxygen atoms in total. The van der Waals surface area contributed by atoms with Gasteiger partial charge in [0.15, 0.2) is 6.29 Å². The first-order valence-corrected chi connectivity index (χ1v) is 3.57. The van der Waals surface area contributed by atoms with Crippen LogP contribution in [0.15, 0.2) is 0 Å². The predicted octanol–water partition coefficient (Wildman–Crippen LogP) is 2.50. The molecule has 0 aromatic carbocycles.